The lowest BCUT2D eigenvalue weighted by atomic mass is 10.1. The molecule has 0 aromatic heterocycles. The molecule has 0 saturated heterocycles. The van der Waals surface area contributed by atoms with Crippen LogP contribution in [0.5, 0.6) is 0 Å². The van der Waals surface area contributed by atoms with Gasteiger partial charge in [-0.1, -0.05) is 51.8 Å². The summed E-state index contributed by atoms with van der Waals surface area (Å²) < 4.78 is 42.9. The number of anilines is 1. The number of amides is 2. The topological polar surface area (TPSA) is 86.8 Å². The highest BCUT2D eigenvalue weighted by atomic mass is 79.9. The van der Waals surface area contributed by atoms with E-state index < -0.39 is 45.8 Å². The van der Waals surface area contributed by atoms with Crippen LogP contribution in [-0.2, 0) is 26.2 Å². The van der Waals surface area contributed by atoms with Gasteiger partial charge in [-0.15, -0.1) is 0 Å². The molecule has 0 spiro atoms. The van der Waals surface area contributed by atoms with Crippen molar-refractivity contribution in [3.05, 3.63) is 94.2 Å². The minimum absolute atomic E-state index is 0.0191. The Bertz CT molecular complexity index is 1420. The summed E-state index contributed by atoms with van der Waals surface area (Å²) in [4.78, 5) is 28.3. The van der Waals surface area contributed by atoms with Gasteiger partial charge in [0.2, 0.25) is 11.8 Å². The maximum Gasteiger partial charge on any atom is 0.264 e. The van der Waals surface area contributed by atoms with Gasteiger partial charge in [-0.05, 0) is 82.6 Å². The van der Waals surface area contributed by atoms with Crippen molar-refractivity contribution < 1.29 is 22.4 Å². The van der Waals surface area contributed by atoms with Gasteiger partial charge in [-0.25, -0.2) is 12.8 Å². The zero-order chi connectivity index (χ0) is 29.0. The highest BCUT2D eigenvalue weighted by Gasteiger charge is 2.33. The Morgan fingerprint density at radius 2 is 1.62 bits per heavy atom. The van der Waals surface area contributed by atoms with E-state index in [0.29, 0.717) is 10.0 Å². The third kappa shape index (κ3) is 8.12. The Morgan fingerprint density at radius 3 is 2.18 bits per heavy atom. The monoisotopic (exact) mass is 617 g/mol. The number of carbonyl (C=O) groups is 2. The molecule has 3 aromatic rings. The molecule has 0 radical (unpaired) electrons. The highest BCUT2D eigenvalue weighted by molar-refractivity contribution is 9.10. The molecule has 3 aromatic carbocycles. The Labute approximate surface area is 238 Å². The molecule has 3 rings (SSSR count). The standard InChI is InChI=1S/C29H33BrFN3O4S/c1-20-9-15-26(16-10-20)39(37,38)34(25-8-6-7-23(30)17-25)19-27(35)33(18-22-11-13-24(31)14-12-22)21(2)28(36)32-29(3,4)5/h6-17,21H,18-19H2,1-5H3,(H,32,36). The van der Waals surface area contributed by atoms with E-state index >= 15 is 0 Å². The number of rotatable bonds is 9. The number of benzene rings is 3. The predicted molar refractivity (Wildman–Crippen MR) is 154 cm³/mol. The smallest absolute Gasteiger partial charge is 0.264 e. The van der Waals surface area contributed by atoms with Crippen LogP contribution >= 0.6 is 15.9 Å². The lowest BCUT2D eigenvalue weighted by Crippen LogP contribution is -2.54. The van der Waals surface area contributed by atoms with Gasteiger partial charge in [0, 0.05) is 16.6 Å². The molecular weight excluding hydrogens is 585 g/mol. The lowest BCUT2D eigenvalue weighted by molar-refractivity contribution is -0.140. The van der Waals surface area contributed by atoms with Gasteiger partial charge >= 0.3 is 0 Å². The van der Waals surface area contributed by atoms with Crippen LogP contribution in [0.2, 0.25) is 0 Å². The van der Waals surface area contributed by atoms with Crippen LogP contribution in [-0.4, -0.2) is 43.3 Å². The van der Waals surface area contributed by atoms with Crippen molar-refractivity contribution in [3.8, 4) is 0 Å². The van der Waals surface area contributed by atoms with Gasteiger partial charge in [-0.3, -0.25) is 13.9 Å². The van der Waals surface area contributed by atoms with Crippen molar-refractivity contribution in [1.82, 2.24) is 10.2 Å². The number of hydrogen-bond acceptors (Lipinski definition) is 4. The molecule has 0 saturated carbocycles. The Hall–Kier alpha value is -3.24. The molecular formula is C29H33BrFN3O4S. The molecule has 0 aliphatic heterocycles. The van der Waals surface area contributed by atoms with Crippen LogP contribution in [0.3, 0.4) is 0 Å². The molecule has 0 aliphatic carbocycles. The van der Waals surface area contributed by atoms with Crippen molar-refractivity contribution >= 4 is 43.5 Å². The van der Waals surface area contributed by atoms with Crippen molar-refractivity contribution in [2.45, 2.75) is 57.6 Å². The van der Waals surface area contributed by atoms with E-state index in [1.54, 1.807) is 43.3 Å². The second-order valence-electron chi connectivity index (χ2n) is 10.4. The summed E-state index contributed by atoms with van der Waals surface area (Å²) >= 11 is 3.38. The average molecular weight is 619 g/mol. The Morgan fingerprint density at radius 1 is 1.00 bits per heavy atom. The first-order chi connectivity index (χ1) is 18.2. The third-order valence-electron chi connectivity index (χ3n) is 5.92. The largest absolute Gasteiger partial charge is 0.350 e. The highest BCUT2D eigenvalue weighted by Crippen LogP contribution is 2.27. The van der Waals surface area contributed by atoms with Crippen LogP contribution in [0.1, 0.15) is 38.8 Å². The molecule has 39 heavy (non-hydrogen) atoms. The van der Waals surface area contributed by atoms with Gasteiger partial charge in [0.15, 0.2) is 0 Å². The van der Waals surface area contributed by atoms with Crippen molar-refractivity contribution in [2.75, 3.05) is 10.8 Å². The SMILES string of the molecule is Cc1ccc(S(=O)(=O)N(CC(=O)N(Cc2ccc(F)cc2)C(C)C(=O)NC(C)(C)C)c2cccc(Br)c2)cc1. The molecule has 0 bridgehead atoms. The first-order valence-corrected chi connectivity index (χ1v) is 14.6. The summed E-state index contributed by atoms with van der Waals surface area (Å²) in [5, 5.41) is 2.87. The zero-order valence-corrected chi connectivity index (χ0v) is 25.0. The first kappa shape index (κ1) is 30.3. The maximum absolute atomic E-state index is 13.9. The van der Waals surface area contributed by atoms with Crippen molar-refractivity contribution in [3.63, 3.8) is 0 Å². The van der Waals surface area contributed by atoms with E-state index in [9.17, 15) is 22.4 Å². The van der Waals surface area contributed by atoms with Gasteiger partial charge in [0.05, 0.1) is 10.6 Å². The minimum atomic E-state index is -4.15. The normalized spacial score (nSPS) is 12.5. The fourth-order valence-corrected chi connectivity index (χ4v) is 5.63. The van der Waals surface area contributed by atoms with Gasteiger partial charge in [0.25, 0.3) is 10.0 Å². The van der Waals surface area contributed by atoms with Crippen molar-refractivity contribution in [2.24, 2.45) is 0 Å². The van der Waals surface area contributed by atoms with E-state index in [2.05, 4.69) is 21.2 Å². The van der Waals surface area contributed by atoms with Gasteiger partial charge in [0.1, 0.15) is 18.4 Å². The number of nitrogens with zero attached hydrogens (tertiary/aromatic N) is 2. The Balaban J connectivity index is 2.03. The van der Waals surface area contributed by atoms with Crippen LogP contribution in [0, 0.1) is 12.7 Å². The third-order valence-corrected chi connectivity index (χ3v) is 8.20. The summed E-state index contributed by atoms with van der Waals surface area (Å²) in [5.74, 6) is -1.42. The maximum atomic E-state index is 13.9. The summed E-state index contributed by atoms with van der Waals surface area (Å²) in [6.45, 7) is 8.34. The summed E-state index contributed by atoms with van der Waals surface area (Å²) in [5.41, 5.74) is 1.22. The second kappa shape index (κ2) is 12.3. The number of sulfonamides is 1. The number of aryl methyl sites for hydroxylation is 1. The van der Waals surface area contributed by atoms with Gasteiger partial charge < -0.3 is 10.2 Å². The van der Waals surface area contributed by atoms with E-state index in [4.69, 9.17) is 0 Å². The molecule has 2 amide bonds. The number of halogens is 2. The fourth-order valence-electron chi connectivity index (χ4n) is 3.84. The molecule has 0 aliphatic rings. The molecule has 0 fully saturated rings. The van der Waals surface area contributed by atoms with E-state index in [0.717, 1.165) is 9.87 Å². The van der Waals surface area contributed by atoms with Crippen LogP contribution in [0.15, 0.2) is 82.2 Å². The molecule has 1 atom stereocenters. The molecule has 10 heteroatoms. The fraction of sp³-hybridized carbons (Fsp3) is 0.310. The lowest BCUT2D eigenvalue weighted by Gasteiger charge is -2.33. The molecule has 7 nitrogen and oxygen atoms in total. The first-order valence-electron chi connectivity index (χ1n) is 12.4. The predicted octanol–water partition coefficient (Wildman–Crippen LogP) is 5.42. The Kier molecular flexibility index (Phi) is 9.55. The molecule has 1 unspecified atom stereocenters. The van der Waals surface area contributed by atoms with E-state index in [1.807, 2.05) is 27.7 Å². The van der Waals surface area contributed by atoms with Crippen LogP contribution in [0.4, 0.5) is 10.1 Å². The number of hydrogen-bond donors (Lipinski definition) is 1. The van der Waals surface area contributed by atoms with Gasteiger partial charge in [-0.2, -0.15) is 0 Å². The quantitative estimate of drug-likeness (QED) is 0.347. The summed E-state index contributed by atoms with van der Waals surface area (Å²) in [6.07, 6.45) is 0. The molecule has 208 valence electrons. The van der Waals surface area contributed by atoms with Crippen molar-refractivity contribution in [1.29, 1.82) is 0 Å². The minimum Gasteiger partial charge on any atom is -0.350 e. The summed E-state index contributed by atoms with van der Waals surface area (Å²) in [7, 11) is -4.15. The molecule has 0 heterocycles. The summed E-state index contributed by atoms with van der Waals surface area (Å²) in [6, 6.07) is 17.7. The number of nitrogens with one attached hydrogen (secondary N) is 1. The average Bonchev–Trinajstić information content (AvgIpc) is 2.85. The van der Waals surface area contributed by atoms with Crippen LogP contribution < -0.4 is 9.62 Å². The number of carbonyl (C=O) groups excluding carboxylic acids is 2. The van der Waals surface area contributed by atoms with Crippen LogP contribution in [0.25, 0.3) is 0 Å². The second-order valence-corrected chi connectivity index (χ2v) is 13.1. The molecule has 1 N–H and O–H groups in total. The van der Waals surface area contributed by atoms with E-state index in [-0.39, 0.29) is 17.1 Å². The van der Waals surface area contributed by atoms with E-state index in [1.165, 1.54) is 41.3 Å². The zero-order valence-electron chi connectivity index (χ0n) is 22.6.